The number of nitroso groups, excluding NO2 is 1. The maximum absolute atomic E-state index is 11.2. The fourth-order valence-electron chi connectivity index (χ4n) is 1.28. The molecule has 0 saturated carbocycles. The van der Waals surface area contributed by atoms with Crippen LogP contribution in [-0.2, 0) is 4.79 Å². The highest BCUT2D eigenvalue weighted by Crippen LogP contribution is 2.34. The van der Waals surface area contributed by atoms with Gasteiger partial charge in [-0.25, -0.2) is 0 Å². The second-order valence-electron chi connectivity index (χ2n) is 3.16. The molecule has 16 heavy (non-hydrogen) atoms. The first-order valence-corrected chi connectivity index (χ1v) is 5.31. The lowest BCUT2D eigenvalue weighted by atomic mass is 10.2. The fourth-order valence-corrected chi connectivity index (χ4v) is 2.01. The summed E-state index contributed by atoms with van der Waals surface area (Å²) in [6.45, 7) is 1.48. The number of halogens is 1. The lowest BCUT2D eigenvalue weighted by Crippen LogP contribution is -2.15. The Kier molecular flexibility index (Phi) is 4.42. The van der Waals surface area contributed by atoms with Crippen molar-refractivity contribution in [3.8, 4) is 5.75 Å². The predicted molar refractivity (Wildman–Crippen MR) is 64.7 cm³/mol. The number of benzene rings is 1. The summed E-state index contributed by atoms with van der Waals surface area (Å²) in [6, 6.07) is 3.62. The maximum atomic E-state index is 11.2. The van der Waals surface area contributed by atoms with E-state index in [0.717, 1.165) is 10.0 Å². The molecular formula is C10H11BrN2O3. The van der Waals surface area contributed by atoms with Gasteiger partial charge in [0.25, 0.3) is 0 Å². The third-order valence-corrected chi connectivity index (χ3v) is 2.46. The van der Waals surface area contributed by atoms with Crippen molar-refractivity contribution in [2.24, 2.45) is 5.18 Å². The lowest BCUT2D eigenvalue weighted by Gasteiger charge is -2.12. The summed E-state index contributed by atoms with van der Waals surface area (Å²) >= 11 is 3.33. The second kappa shape index (κ2) is 5.60. The van der Waals surface area contributed by atoms with Gasteiger partial charge in [0, 0.05) is 0 Å². The van der Waals surface area contributed by atoms with E-state index in [1.807, 2.05) is 13.0 Å². The second-order valence-corrected chi connectivity index (χ2v) is 4.02. The van der Waals surface area contributed by atoms with E-state index in [-0.39, 0.29) is 0 Å². The standard InChI is InChI=1S/C10H11BrN2O3/c1-6-3-7(11)10(16-2)8(4-6)13-9(14)5-12-15/h3-4H,5H2,1-2H3,(H,13,14). The summed E-state index contributed by atoms with van der Waals surface area (Å²) in [4.78, 5) is 21.2. The average molecular weight is 287 g/mol. The van der Waals surface area contributed by atoms with Gasteiger partial charge in [0.15, 0.2) is 12.3 Å². The van der Waals surface area contributed by atoms with Crippen LogP contribution < -0.4 is 10.1 Å². The molecule has 0 aliphatic heterocycles. The molecule has 0 atom stereocenters. The molecule has 0 bridgehead atoms. The number of hydrogen-bond donors (Lipinski definition) is 1. The van der Waals surface area contributed by atoms with E-state index < -0.39 is 12.5 Å². The molecule has 1 rings (SSSR count). The van der Waals surface area contributed by atoms with E-state index in [1.165, 1.54) is 7.11 Å². The van der Waals surface area contributed by atoms with Crippen molar-refractivity contribution in [2.45, 2.75) is 6.92 Å². The van der Waals surface area contributed by atoms with Gasteiger partial charge in [-0.1, -0.05) is 5.18 Å². The van der Waals surface area contributed by atoms with Crippen molar-refractivity contribution in [1.29, 1.82) is 0 Å². The Hall–Kier alpha value is -1.43. The summed E-state index contributed by atoms with van der Waals surface area (Å²) in [5.41, 5.74) is 1.48. The minimum absolute atomic E-state index is 0.408. The number of aryl methyl sites for hydroxylation is 1. The number of amides is 1. The van der Waals surface area contributed by atoms with E-state index in [1.54, 1.807) is 6.07 Å². The normalized spacial score (nSPS) is 9.69. The first kappa shape index (κ1) is 12.6. The highest BCUT2D eigenvalue weighted by Gasteiger charge is 2.11. The number of hydrogen-bond acceptors (Lipinski definition) is 4. The Morgan fingerprint density at radius 3 is 2.81 bits per heavy atom. The molecule has 0 heterocycles. The molecule has 0 aliphatic carbocycles. The van der Waals surface area contributed by atoms with Gasteiger partial charge >= 0.3 is 0 Å². The molecule has 0 aliphatic rings. The largest absolute Gasteiger partial charge is 0.493 e. The first-order chi connectivity index (χ1) is 7.58. The topological polar surface area (TPSA) is 67.8 Å². The molecule has 0 radical (unpaired) electrons. The first-order valence-electron chi connectivity index (χ1n) is 4.51. The summed E-state index contributed by atoms with van der Waals surface area (Å²) in [6.07, 6.45) is 0. The van der Waals surface area contributed by atoms with Crippen molar-refractivity contribution in [2.75, 3.05) is 19.0 Å². The molecule has 0 spiro atoms. The molecule has 0 unspecified atom stereocenters. The van der Waals surface area contributed by atoms with Gasteiger partial charge in [0.2, 0.25) is 5.91 Å². The number of ether oxygens (including phenoxy) is 1. The zero-order valence-corrected chi connectivity index (χ0v) is 10.5. The Labute approximate surface area is 101 Å². The van der Waals surface area contributed by atoms with Gasteiger partial charge in [-0.15, -0.1) is 0 Å². The van der Waals surface area contributed by atoms with Gasteiger partial charge < -0.3 is 10.1 Å². The minimum Gasteiger partial charge on any atom is -0.493 e. The average Bonchev–Trinajstić information content (AvgIpc) is 2.17. The number of carbonyl (C=O) groups is 1. The van der Waals surface area contributed by atoms with Crippen LogP contribution in [0.25, 0.3) is 0 Å². The van der Waals surface area contributed by atoms with E-state index in [9.17, 15) is 9.70 Å². The van der Waals surface area contributed by atoms with E-state index in [0.29, 0.717) is 11.4 Å². The number of rotatable bonds is 4. The van der Waals surface area contributed by atoms with Crippen LogP contribution in [0.2, 0.25) is 0 Å². The summed E-state index contributed by atoms with van der Waals surface area (Å²) < 4.78 is 5.88. The summed E-state index contributed by atoms with van der Waals surface area (Å²) in [7, 11) is 1.50. The SMILES string of the molecule is COc1c(Br)cc(C)cc1NC(=O)CN=O. The van der Waals surface area contributed by atoms with Crippen LogP contribution in [0.5, 0.6) is 5.75 Å². The number of methoxy groups -OCH3 is 1. The number of nitrogens with zero attached hydrogens (tertiary/aromatic N) is 1. The molecule has 1 amide bonds. The molecule has 0 fully saturated rings. The van der Waals surface area contributed by atoms with Crippen LogP contribution in [0, 0.1) is 11.8 Å². The van der Waals surface area contributed by atoms with Crippen molar-refractivity contribution >= 4 is 27.5 Å². The highest BCUT2D eigenvalue weighted by molar-refractivity contribution is 9.10. The van der Waals surface area contributed by atoms with Crippen LogP contribution in [0.3, 0.4) is 0 Å². The van der Waals surface area contributed by atoms with Crippen LogP contribution in [0.4, 0.5) is 5.69 Å². The zero-order chi connectivity index (χ0) is 12.1. The zero-order valence-electron chi connectivity index (χ0n) is 8.91. The molecule has 1 aromatic carbocycles. The van der Waals surface area contributed by atoms with Gasteiger partial charge in [0.1, 0.15) is 0 Å². The monoisotopic (exact) mass is 286 g/mol. The third-order valence-electron chi connectivity index (χ3n) is 1.87. The quantitative estimate of drug-likeness (QED) is 0.865. The van der Waals surface area contributed by atoms with Crippen LogP contribution in [0.15, 0.2) is 21.8 Å². The molecule has 1 aromatic rings. The lowest BCUT2D eigenvalue weighted by molar-refractivity contribution is -0.114. The number of nitrogens with one attached hydrogen (secondary N) is 1. The predicted octanol–water partition coefficient (Wildman–Crippen LogP) is 2.47. The van der Waals surface area contributed by atoms with Gasteiger partial charge in [-0.05, 0) is 40.5 Å². The fraction of sp³-hybridized carbons (Fsp3) is 0.300. The van der Waals surface area contributed by atoms with Gasteiger partial charge in [0.05, 0.1) is 17.3 Å². The molecule has 86 valence electrons. The minimum atomic E-state index is -0.467. The van der Waals surface area contributed by atoms with E-state index in [4.69, 9.17) is 4.74 Å². The summed E-state index contributed by atoms with van der Waals surface area (Å²) in [5, 5.41) is 5.07. The van der Waals surface area contributed by atoms with Crippen LogP contribution in [-0.4, -0.2) is 19.6 Å². The van der Waals surface area contributed by atoms with Crippen molar-refractivity contribution in [1.82, 2.24) is 0 Å². The molecule has 0 aromatic heterocycles. The van der Waals surface area contributed by atoms with Gasteiger partial charge in [-0.2, -0.15) is 4.91 Å². The Bertz CT molecular complexity index is 421. The molecule has 5 nitrogen and oxygen atoms in total. The van der Waals surface area contributed by atoms with E-state index in [2.05, 4.69) is 26.4 Å². The molecule has 1 N–H and O–H groups in total. The number of carbonyl (C=O) groups excluding carboxylic acids is 1. The van der Waals surface area contributed by atoms with Crippen molar-refractivity contribution < 1.29 is 9.53 Å². The van der Waals surface area contributed by atoms with Crippen molar-refractivity contribution in [3.63, 3.8) is 0 Å². The molecular weight excluding hydrogens is 276 g/mol. The van der Waals surface area contributed by atoms with Crippen LogP contribution >= 0.6 is 15.9 Å². The van der Waals surface area contributed by atoms with E-state index >= 15 is 0 Å². The third kappa shape index (κ3) is 3.03. The van der Waals surface area contributed by atoms with Crippen molar-refractivity contribution in [3.05, 3.63) is 27.1 Å². The molecule has 6 heteroatoms. The highest BCUT2D eigenvalue weighted by atomic mass is 79.9. The summed E-state index contributed by atoms with van der Waals surface area (Å²) in [5.74, 6) is 0.0515. The Morgan fingerprint density at radius 1 is 1.56 bits per heavy atom. The van der Waals surface area contributed by atoms with Crippen LogP contribution in [0.1, 0.15) is 5.56 Å². The molecule has 0 saturated heterocycles. The smallest absolute Gasteiger partial charge is 0.249 e. The Morgan fingerprint density at radius 2 is 2.25 bits per heavy atom. The Balaban J connectivity index is 3.02. The maximum Gasteiger partial charge on any atom is 0.249 e. The van der Waals surface area contributed by atoms with Gasteiger partial charge in [-0.3, -0.25) is 4.79 Å². The number of anilines is 1.